The molecule has 0 atom stereocenters. The van der Waals surface area contributed by atoms with Crippen LogP contribution < -0.4 is 4.72 Å². The maximum Gasteiger partial charge on any atom is 0.273 e. The highest BCUT2D eigenvalue weighted by atomic mass is 35.5. The Balaban J connectivity index is 2.25. The molecule has 0 bridgehead atoms. The van der Waals surface area contributed by atoms with Gasteiger partial charge < -0.3 is 0 Å². The number of nitrogens with one attached hydrogen (secondary N) is 1. The molecular weight excluding hydrogens is 373 g/mol. The molecule has 1 aromatic heterocycles. The Hall–Kier alpha value is -0.730. The zero-order chi connectivity index (χ0) is 15.6. The summed E-state index contributed by atoms with van der Waals surface area (Å²) in [4.78, 5) is 12.0. The highest BCUT2D eigenvalue weighted by Crippen LogP contribution is 2.28. The van der Waals surface area contributed by atoms with Crippen molar-refractivity contribution in [1.82, 2.24) is 4.72 Å². The Labute approximate surface area is 140 Å². The molecule has 2 rings (SSSR count). The Morgan fingerprint density at radius 2 is 1.95 bits per heavy atom. The zero-order valence-corrected chi connectivity index (χ0v) is 14.6. The average Bonchev–Trinajstić information content (AvgIpc) is 2.87. The summed E-state index contributed by atoms with van der Waals surface area (Å²) < 4.78 is 27.2. The lowest BCUT2D eigenvalue weighted by molar-refractivity contribution is 0.0981. The van der Waals surface area contributed by atoms with Gasteiger partial charge >= 0.3 is 0 Å². The van der Waals surface area contributed by atoms with E-state index in [1.807, 2.05) is 11.0 Å². The lowest BCUT2D eigenvalue weighted by Gasteiger charge is -2.06. The molecule has 0 spiro atoms. The van der Waals surface area contributed by atoms with Gasteiger partial charge in [-0.15, -0.1) is 23.1 Å². The van der Waals surface area contributed by atoms with Gasteiger partial charge in [0.1, 0.15) is 4.21 Å². The molecule has 1 amide bonds. The maximum atomic E-state index is 12.1. The molecule has 9 heteroatoms. The molecule has 0 saturated carbocycles. The summed E-state index contributed by atoms with van der Waals surface area (Å²) in [7, 11) is -3.91. The van der Waals surface area contributed by atoms with E-state index in [1.54, 1.807) is 6.07 Å². The molecule has 0 aliphatic carbocycles. The Morgan fingerprint density at radius 3 is 2.52 bits per heavy atom. The first-order chi connectivity index (χ1) is 9.83. The molecule has 1 aromatic carbocycles. The second-order valence-corrected chi connectivity index (χ2v) is 8.78. The summed E-state index contributed by atoms with van der Waals surface area (Å²) in [5.41, 5.74) is 0.0475. The molecule has 0 saturated heterocycles. The summed E-state index contributed by atoms with van der Waals surface area (Å²) >= 11 is 14.1. The van der Waals surface area contributed by atoms with Gasteiger partial charge in [0.25, 0.3) is 15.9 Å². The summed E-state index contributed by atoms with van der Waals surface area (Å²) in [5, 5.41) is 0.452. The fraction of sp³-hybridized carbons (Fsp3) is 0.0833. The fourth-order valence-corrected chi connectivity index (χ4v) is 4.92. The van der Waals surface area contributed by atoms with Gasteiger partial charge in [0.15, 0.2) is 0 Å². The summed E-state index contributed by atoms with van der Waals surface area (Å²) in [6.45, 7) is 0. The van der Waals surface area contributed by atoms with Crippen molar-refractivity contribution in [3.05, 3.63) is 45.9 Å². The smallest absolute Gasteiger partial charge is 0.268 e. The molecule has 0 radical (unpaired) electrons. The number of hydrogen-bond donors (Lipinski definition) is 1. The number of carbonyl (C=O) groups is 1. The number of hydrogen-bond acceptors (Lipinski definition) is 5. The van der Waals surface area contributed by atoms with Crippen molar-refractivity contribution in [3.8, 4) is 0 Å². The zero-order valence-electron chi connectivity index (χ0n) is 10.6. The maximum absolute atomic E-state index is 12.1. The van der Waals surface area contributed by atoms with Crippen LogP contribution in [-0.4, -0.2) is 20.6 Å². The molecule has 1 heterocycles. The quantitative estimate of drug-likeness (QED) is 0.815. The van der Waals surface area contributed by atoms with E-state index in [9.17, 15) is 13.2 Å². The molecule has 0 fully saturated rings. The topological polar surface area (TPSA) is 63.2 Å². The van der Waals surface area contributed by atoms with E-state index >= 15 is 0 Å². The Morgan fingerprint density at radius 1 is 1.24 bits per heavy atom. The second-order valence-electron chi connectivity index (χ2n) is 3.84. The van der Waals surface area contributed by atoms with E-state index in [-0.39, 0.29) is 14.8 Å². The van der Waals surface area contributed by atoms with E-state index in [1.165, 1.54) is 36.0 Å². The Bertz CT molecular complexity index is 787. The minimum absolute atomic E-state index is 0.0475. The fourth-order valence-electron chi connectivity index (χ4n) is 1.46. The van der Waals surface area contributed by atoms with Gasteiger partial charge in [-0.3, -0.25) is 4.79 Å². The van der Waals surface area contributed by atoms with Gasteiger partial charge in [-0.2, -0.15) is 0 Å². The average molecular weight is 382 g/mol. The van der Waals surface area contributed by atoms with Crippen LogP contribution in [0.5, 0.6) is 0 Å². The van der Waals surface area contributed by atoms with Crippen LogP contribution in [0.2, 0.25) is 10.0 Å². The van der Waals surface area contributed by atoms with Gasteiger partial charge in [0.05, 0.1) is 14.8 Å². The van der Waals surface area contributed by atoms with Gasteiger partial charge in [0, 0.05) is 5.02 Å². The molecule has 112 valence electrons. The molecule has 0 aliphatic rings. The third kappa shape index (κ3) is 3.92. The number of carbonyl (C=O) groups excluding carboxylic acids is 1. The number of thiophene rings is 1. The molecule has 0 unspecified atom stereocenters. The first-order valence-corrected chi connectivity index (χ1v) is 9.77. The molecule has 4 nitrogen and oxygen atoms in total. The summed E-state index contributed by atoms with van der Waals surface area (Å²) in [6.07, 6.45) is 1.84. The number of rotatable bonds is 4. The lowest BCUT2D eigenvalue weighted by Crippen LogP contribution is -2.30. The number of amides is 1. The first kappa shape index (κ1) is 16.6. The lowest BCUT2D eigenvalue weighted by atomic mass is 10.2. The number of thioether (sulfide) groups is 1. The molecule has 2 aromatic rings. The van der Waals surface area contributed by atoms with Crippen LogP contribution in [0, 0.1) is 0 Å². The predicted molar refractivity (Wildman–Crippen MR) is 87.2 cm³/mol. The number of sulfonamides is 1. The number of benzene rings is 1. The predicted octanol–water partition coefficient (Wildman–Crippen LogP) is 3.90. The van der Waals surface area contributed by atoms with E-state index in [4.69, 9.17) is 23.2 Å². The van der Waals surface area contributed by atoms with Crippen molar-refractivity contribution >= 4 is 62.2 Å². The second kappa shape index (κ2) is 6.58. The third-order valence-electron chi connectivity index (χ3n) is 2.43. The first-order valence-electron chi connectivity index (χ1n) is 5.49. The van der Waals surface area contributed by atoms with Crippen LogP contribution >= 0.6 is 46.3 Å². The van der Waals surface area contributed by atoms with Crippen LogP contribution in [0.1, 0.15) is 10.4 Å². The van der Waals surface area contributed by atoms with E-state index < -0.39 is 15.9 Å². The molecule has 21 heavy (non-hydrogen) atoms. The Kier molecular flexibility index (Phi) is 5.21. The summed E-state index contributed by atoms with van der Waals surface area (Å²) in [6, 6.07) is 7.35. The monoisotopic (exact) mass is 381 g/mol. The van der Waals surface area contributed by atoms with Crippen molar-refractivity contribution < 1.29 is 13.2 Å². The van der Waals surface area contributed by atoms with Crippen LogP contribution in [-0.2, 0) is 10.0 Å². The normalized spacial score (nSPS) is 11.4. The van der Waals surface area contributed by atoms with E-state index in [0.717, 1.165) is 15.5 Å². The minimum atomic E-state index is -3.91. The SMILES string of the molecule is CSc1ccc(S(=O)(=O)NC(=O)c2ccc(Cl)cc2Cl)s1. The van der Waals surface area contributed by atoms with Crippen molar-refractivity contribution in [3.63, 3.8) is 0 Å². The van der Waals surface area contributed by atoms with Gasteiger partial charge in [0.2, 0.25) is 0 Å². The van der Waals surface area contributed by atoms with Gasteiger partial charge in [-0.1, -0.05) is 23.2 Å². The van der Waals surface area contributed by atoms with Crippen LogP contribution in [0.15, 0.2) is 38.8 Å². The largest absolute Gasteiger partial charge is 0.273 e. The highest BCUT2D eigenvalue weighted by molar-refractivity contribution is 8.01. The molecular formula is C12H9Cl2NO3S3. The van der Waals surface area contributed by atoms with Crippen molar-refractivity contribution in [2.45, 2.75) is 8.42 Å². The van der Waals surface area contributed by atoms with Crippen LogP contribution in [0.4, 0.5) is 0 Å². The van der Waals surface area contributed by atoms with Gasteiger partial charge in [-0.05, 0) is 36.6 Å². The molecule has 1 N–H and O–H groups in total. The van der Waals surface area contributed by atoms with Crippen LogP contribution in [0.25, 0.3) is 0 Å². The van der Waals surface area contributed by atoms with Crippen molar-refractivity contribution in [2.75, 3.05) is 6.26 Å². The standard InChI is InChI=1S/C12H9Cl2NO3S3/c1-19-10-4-5-11(20-10)21(17,18)15-12(16)8-3-2-7(13)6-9(8)14/h2-6H,1H3,(H,15,16). The van der Waals surface area contributed by atoms with Crippen LogP contribution in [0.3, 0.4) is 0 Å². The summed E-state index contributed by atoms with van der Waals surface area (Å²) in [5.74, 6) is -0.796. The highest BCUT2D eigenvalue weighted by Gasteiger charge is 2.22. The van der Waals surface area contributed by atoms with Crippen molar-refractivity contribution in [1.29, 1.82) is 0 Å². The van der Waals surface area contributed by atoms with Crippen molar-refractivity contribution in [2.24, 2.45) is 0 Å². The van der Waals surface area contributed by atoms with Gasteiger partial charge in [-0.25, -0.2) is 13.1 Å². The molecule has 0 aliphatic heterocycles. The number of halogens is 2. The van der Waals surface area contributed by atoms with E-state index in [0.29, 0.717) is 5.02 Å². The van der Waals surface area contributed by atoms with E-state index in [2.05, 4.69) is 0 Å². The third-order valence-corrected chi connectivity index (χ3v) is 6.96. The minimum Gasteiger partial charge on any atom is -0.268 e.